The zero-order valence-corrected chi connectivity index (χ0v) is 11.7. The molecule has 0 saturated carbocycles. The Bertz CT molecular complexity index is 613. The molecule has 1 aliphatic heterocycles. The Morgan fingerprint density at radius 3 is 2.95 bits per heavy atom. The minimum absolute atomic E-state index is 0.214. The summed E-state index contributed by atoms with van der Waals surface area (Å²) in [5.74, 6) is -0.642. The Balaban J connectivity index is 2.18. The first-order valence-electron chi connectivity index (χ1n) is 6.45. The van der Waals surface area contributed by atoms with Gasteiger partial charge in [0.1, 0.15) is 11.5 Å². The number of carbonyl (C=O) groups is 2. The lowest BCUT2D eigenvalue weighted by atomic mass is 9.70. The van der Waals surface area contributed by atoms with Crippen LogP contribution in [0.5, 0.6) is 0 Å². The van der Waals surface area contributed by atoms with Crippen molar-refractivity contribution in [1.29, 1.82) is 0 Å². The van der Waals surface area contributed by atoms with E-state index in [1.165, 1.54) is 6.92 Å². The van der Waals surface area contributed by atoms with Gasteiger partial charge in [0.25, 0.3) is 0 Å². The van der Waals surface area contributed by atoms with Gasteiger partial charge in [0.05, 0.1) is 5.38 Å². The van der Waals surface area contributed by atoms with E-state index < -0.39 is 22.9 Å². The van der Waals surface area contributed by atoms with Crippen molar-refractivity contribution >= 4 is 29.2 Å². The Morgan fingerprint density at radius 1 is 1.45 bits per heavy atom. The Morgan fingerprint density at radius 2 is 2.20 bits per heavy atom. The third kappa shape index (κ3) is 1.68. The fraction of sp³-hybridized carbons (Fsp3) is 0.333. The second-order valence-electron chi connectivity index (χ2n) is 5.03. The van der Waals surface area contributed by atoms with Crippen LogP contribution in [-0.2, 0) is 19.7 Å². The number of allylic oxidation sites excluding steroid dienone is 1. The quantitative estimate of drug-likeness (QED) is 0.491. The van der Waals surface area contributed by atoms with Crippen molar-refractivity contribution in [2.24, 2.45) is 0 Å². The van der Waals surface area contributed by atoms with E-state index in [1.807, 2.05) is 30.3 Å². The first-order valence-corrected chi connectivity index (χ1v) is 6.89. The van der Waals surface area contributed by atoms with Gasteiger partial charge >= 0.3 is 5.97 Å². The average molecular weight is 292 g/mol. The normalized spacial score (nSPS) is 31.0. The van der Waals surface area contributed by atoms with Crippen molar-refractivity contribution in [3.63, 3.8) is 0 Å². The monoisotopic (exact) mass is 291 g/mol. The summed E-state index contributed by atoms with van der Waals surface area (Å²) in [7, 11) is 0. The molecule has 1 aliphatic carbocycles. The number of halogens is 1. The van der Waals surface area contributed by atoms with Gasteiger partial charge in [-0.25, -0.2) is 0 Å². The molecule has 1 N–H and O–H groups in total. The highest BCUT2D eigenvalue weighted by atomic mass is 35.5. The van der Waals surface area contributed by atoms with Crippen LogP contribution in [-0.4, -0.2) is 23.4 Å². The average Bonchev–Trinajstić information content (AvgIpc) is 2.68. The maximum atomic E-state index is 12.6. The molecule has 3 rings (SSSR count). The number of esters is 1. The van der Waals surface area contributed by atoms with Crippen molar-refractivity contribution in [2.45, 2.75) is 30.2 Å². The molecule has 0 aromatic heterocycles. The first-order chi connectivity index (χ1) is 9.56. The number of anilines is 1. The Kier molecular flexibility index (Phi) is 3.05. The standard InChI is InChI=1S/C15H14ClNO3/c1-9(18)20-13-8-4-7-12(16)15(13)10-5-2-3-6-11(10)17-14(15)19/h2-6,8,12-13H,7H2,1H3,(H,17,19)/t12-,13+,15+/m0/s1. The summed E-state index contributed by atoms with van der Waals surface area (Å²) in [6.45, 7) is 1.33. The summed E-state index contributed by atoms with van der Waals surface area (Å²) < 4.78 is 5.36. The molecule has 3 atom stereocenters. The van der Waals surface area contributed by atoms with Crippen LogP contribution in [0.25, 0.3) is 0 Å². The lowest BCUT2D eigenvalue weighted by Crippen LogP contribution is -2.54. The van der Waals surface area contributed by atoms with E-state index in [1.54, 1.807) is 6.08 Å². The van der Waals surface area contributed by atoms with E-state index in [-0.39, 0.29) is 5.91 Å². The molecule has 2 aliphatic rings. The van der Waals surface area contributed by atoms with Gasteiger partial charge in [-0.3, -0.25) is 9.59 Å². The number of nitrogens with one attached hydrogen (secondary N) is 1. The summed E-state index contributed by atoms with van der Waals surface area (Å²) in [5, 5.41) is 2.39. The molecule has 0 radical (unpaired) electrons. The summed E-state index contributed by atoms with van der Waals surface area (Å²) in [6, 6.07) is 7.39. The fourth-order valence-electron chi connectivity index (χ4n) is 3.04. The van der Waals surface area contributed by atoms with Crippen LogP contribution in [0.1, 0.15) is 18.9 Å². The number of hydrogen-bond acceptors (Lipinski definition) is 3. The van der Waals surface area contributed by atoms with Crippen LogP contribution in [0, 0.1) is 0 Å². The van der Waals surface area contributed by atoms with Gasteiger partial charge in [-0.05, 0) is 24.1 Å². The van der Waals surface area contributed by atoms with Crippen LogP contribution in [0.3, 0.4) is 0 Å². The van der Waals surface area contributed by atoms with Crippen LogP contribution >= 0.6 is 11.6 Å². The molecule has 1 heterocycles. The SMILES string of the molecule is CC(=O)O[C@@H]1C=CC[C@H](Cl)[C@@]12C(=O)Nc1ccccc12. The minimum atomic E-state index is -1.04. The van der Waals surface area contributed by atoms with E-state index >= 15 is 0 Å². The molecule has 0 bridgehead atoms. The molecule has 1 spiro atoms. The molecular formula is C15H14ClNO3. The number of para-hydroxylation sites is 1. The highest BCUT2D eigenvalue weighted by Gasteiger charge is 2.58. The predicted octanol–water partition coefficient (Wildman–Crippen LogP) is 2.38. The van der Waals surface area contributed by atoms with E-state index in [2.05, 4.69) is 5.32 Å². The maximum Gasteiger partial charge on any atom is 0.303 e. The largest absolute Gasteiger partial charge is 0.457 e. The van der Waals surface area contributed by atoms with Gasteiger partial charge in [0, 0.05) is 12.6 Å². The van der Waals surface area contributed by atoms with E-state index in [9.17, 15) is 9.59 Å². The lowest BCUT2D eigenvalue weighted by Gasteiger charge is -2.39. The molecule has 1 amide bonds. The third-order valence-corrected chi connectivity index (χ3v) is 4.41. The smallest absolute Gasteiger partial charge is 0.303 e. The van der Waals surface area contributed by atoms with Gasteiger partial charge in [0.15, 0.2) is 0 Å². The van der Waals surface area contributed by atoms with Crippen molar-refractivity contribution in [3.05, 3.63) is 42.0 Å². The van der Waals surface area contributed by atoms with Gasteiger partial charge in [0.2, 0.25) is 5.91 Å². The third-order valence-electron chi connectivity index (χ3n) is 3.89. The fourth-order valence-corrected chi connectivity index (χ4v) is 3.49. The molecule has 0 unspecified atom stereocenters. The van der Waals surface area contributed by atoms with Gasteiger partial charge < -0.3 is 10.1 Å². The molecule has 1 aromatic carbocycles. The van der Waals surface area contributed by atoms with Gasteiger partial charge in [-0.2, -0.15) is 0 Å². The predicted molar refractivity (Wildman–Crippen MR) is 75.7 cm³/mol. The number of benzene rings is 1. The summed E-state index contributed by atoms with van der Waals surface area (Å²) >= 11 is 6.48. The zero-order chi connectivity index (χ0) is 14.3. The summed E-state index contributed by atoms with van der Waals surface area (Å²) in [5.41, 5.74) is 0.481. The molecule has 1 aromatic rings. The maximum absolute atomic E-state index is 12.6. The van der Waals surface area contributed by atoms with Gasteiger partial charge in [-0.1, -0.05) is 24.3 Å². The number of fused-ring (bicyclic) bond motifs is 2. The molecule has 104 valence electrons. The Hall–Kier alpha value is -1.81. The number of hydrogen-bond donors (Lipinski definition) is 1. The molecule has 5 heteroatoms. The van der Waals surface area contributed by atoms with Crippen molar-refractivity contribution < 1.29 is 14.3 Å². The molecule has 20 heavy (non-hydrogen) atoms. The number of rotatable bonds is 1. The van der Waals surface area contributed by atoms with Crippen LogP contribution < -0.4 is 5.32 Å². The van der Waals surface area contributed by atoms with Crippen LogP contribution in [0.4, 0.5) is 5.69 Å². The lowest BCUT2D eigenvalue weighted by molar-refractivity contribution is -0.149. The number of amides is 1. The van der Waals surface area contributed by atoms with Crippen molar-refractivity contribution in [3.8, 4) is 0 Å². The van der Waals surface area contributed by atoms with Crippen molar-refractivity contribution in [1.82, 2.24) is 0 Å². The number of alkyl halides is 1. The zero-order valence-electron chi connectivity index (χ0n) is 10.9. The Labute approximate surface area is 121 Å². The van der Waals surface area contributed by atoms with Crippen molar-refractivity contribution in [2.75, 3.05) is 5.32 Å². The minimum Gasteiger partial charge on any atom is -0.457 e. The summed E-state index contributed by atoms with van der Waals surface area (Å²) in [6.07, 6.45) is 3.48. The number of ether oxygens (including phenoxy) is 1. The highest BCUT2D eigenvalue weighted by molar-refractivity contribution is 6.26. The molecule has 0 saturated heterocycles. The number of carbonyl (C=O) groups excluding carboxylic acids is 2. The molecule has 0 fully saturated rings. The van der Waals surface area contributed by atoms with Gasteiger partial charge in [-0.15, -0.1) is 11.6 Å². The molecular weight excluding hydrogens is 278 g/mol. The summed E-state index contributed by atoms with van der Waals surface area (Å²) in [4.78, 5) is 23.9. The molecule has 4 nitrogen and oxygen atoms in total. The second-order valence-corrected chi connectivity index (χ2v) is 5.56. The van der Waals surface area contributed by atoms with E-state index in [4.69, 9.17) is 16.3 Å². The van der Waals surface area contributed by atoms with E-state index in [0.717, 1.165) is 11.3 Å². The topological polar surface area (TPSA) is 55.4 Å². The first kappa shape index (κ1) is 13.2. The second kappa shape index (κ2) is 4.63. The van der Waals surface area contributed by atoms with E-state index in [0.29, 0.717) is 6.42 Å². The highest BCUT2D eigenvalue weighted by Crippen LogP contribution is 2.48. The van der Waals surface area contributed by atoms with Crippen LogP contribution in [0.2, 0.25) is 0 Å². The van der Waals surface area contributed by atoms with Crippen LogP contribution in [0.15, 0.2) is 36.4 Å².